The van der Waals surface area contributed by atoms with Crippen LogP contribution in [0.25, 0.3) is 16.7 Å². The number of pyridine rings is 1. The van der Waals surface area contributed by atoms with Gasteiger partial charge in [0.05, 0.1) is 11.2 Å². The minimum atomic E-state index is -0.459. The van der Waals surface area contributed by atoms with E-state index in [-0.39, 0.29) is 5.56 Å². The molecule has 1 aromatic carbocycles. The maximum Gasteiger partial charge on any atom is 0.354 e. The molecule has 2 heterocycles. The van der Waals surface area contributed by atoms with E-state index in [9.17, 15) is 9.59 Å². The van der Waals surface area contributed by atoms with Crippen molar-refractivity contribution >= 4 is 22.5 Å². The largest absolute Gasteiger partial charge is 0.354 e. The average Bonchev–Trinajstić information content (AvgIpc) is 2.38. The molecule has 0 aliphatic heterocycles. The third-order valence-corrected chi connectivity index (χ3v) is 3.27. The van der Waals surface area contributed by atoms with E-state index in [0.29, 0.717) is 22.1 Å². The molecule has 3 rings (SSSR count). The predicted octanol–water partition coefficient (Wildman–Crippen LogP) is 2.04. The molecule has 0 atom stereocenters. The molecule has 0 unspecified atom stereocenters. The van der Waals surface area contributed by atoms with E-state index < -0.39 is 5.69 Å². The molecule has 0 aliphatic carbocycles. The summed E-state index contributed by atoms with van der Waals surface area (Å²) >= 11 is 6.01. The van der Waals surface area contributed by atoms with Gasteiger partial charge < -0.3 is 4.98 Å². The molecule has 2 aromatic heterocycles. The zero-order valence-electron chi connectivity index (χ0n) is 10.6. The zero-order chi connectivity index (χ0) is 14.3. The molecule has 20 heavy (non-hydrogen) atoms. The molecule has 0 amide bonds. The molecule has 0 saturated heterocycles. The molecule has 0 spiro atoms. The van der Waals surface area contributed by atoms with E-state index in [4.69, 9.17) is 11.6 Å². The summed E-state index contributed by atoms with van der Waals surface area (Å²) in [5, 5.41) is 1.31. The molecule has 6 heteroatoms. The molecule has 0 fully saturated rings. The van der Waals surface area contributed by atoms with Gasteiger partial charge >= 0.3 is 5.69 Å². The highest BCUT2D eigenvalue weighted by Crippen LogP contribution is 2.21. The van der Waals surface area contributed by atoms with Gasteiger partial charge in [0.1, 0.15) is 5.82 Å². The maximum absolute atomic E-state index is 12.2. The minimum Gasteiger partial charge on any atom is -0.308 e. The molecular formula is C14H10ClN3O2. The van der Waals surface area contributed by atoms with Gasteiger partial charge in [0.15, 0.2) is 0 Å². The van der Waals surface area contributed by atoms with Crippen LogP contribution in [0.3, 0.4) is 0 Å². The van der Waals surface area contributed by atoms with E-state index in [0.717, 1.165) is 5.39 Å². The number of benzene rings is 1. The van der Waals surface area contributed by atoms with E-state index in [1.807, 2.05) is 0 Å². The molecule has 100 valence electrons. The number of hydrogen-bond acceptors (Lipinski definition) is 3. The van der Waals surface area contributed by atoms with Crippen LogP contribution in [0.1, 0.15) is 5.69 Å². The number of nitrogens with zero attached hydrogens (tertiary/aromatic N) is 2. The molecule has 5 nitrogen and oxygen atoms in total. The van der Waals surface area contributed by atoms with Crippen LogP contribution < -0.4 is 11.2 Å². The molecule has 0 saturated carbocycles. The first-order chi connectivity index (χ1) is 9.56. The summed E-state index contributed by atoms with van der Waals surface area (Å²) in [4.78, 5) is 30.2. The second-order valence-corrected chi connectivity index (χ2v) is 4.81. The summed E-state index contributed by atoms with van der Waals surface area (Å²) in [5.41, 5.74) is 0.484. The van der Waals surface area contributed by atoms with Crippen LogP contribution in [-0.4, -0.2) is 14.5 Å². The Balaban J connectivity index is 2.49. The predicted molar refractivity (Wildman–Crippen MR) is 77.7 cm³/mol. The lowest BCUT2D eigenvalue weighted by Gasteiger charge is -2.10. The minimum absolute atomic E-state index is 0.287. The Morgan fingerprint density at radius 1 is 1.20 bits per heavy atom. The fraction of sp³-hybridized carbons (Fsp3) is 0.0714. The first-order valence-corrected chi connectivity index (χ1v) is 6.33. The summed E-state index contributed by atoms with van der Waals surface area (Å²) in [6.07, 6.45) is 0. The molecule has 1 N–H and O–H groups in total. The highest BCUT2D eigenvalue weighted by Gasteiger charge is 2.10. The number of aromatic nitrogens is 3. The molecular weight excluding hydrogens is 278 g/mol. The lowest BCUT2D eigenvalue weighted by molar-refractivity contribution is 0.901. The molecule has 3 aromatic rings. The second kappa shape index (κ2) is 4.61. The van der Waals surface area contributed by atoms with Crippen molar-refractivity contribution in [2.45, 2.75) is 6.92 Å². The quantitative estimate of drug-likeness (QED) is 0.745. The number of nitrogens with one attached hydrogen (secondary N) is 1. The lowest BCUT2D eigenvalue weighted by Crippen LogP contribution is -2.25. The van der Waals surface area contributed by atoms with Crippen molar-refractivity contribution in [3.63, 3.8) is 0 Å². The Morgan fingerprint density at radius 2 is 2.00 bits per heavy atom. The van der Waals surface area contributed by atoms with Gasteiger partial charge in [-0.3, -0.25) is 4.79 Å². The third-order valence-electron chi connectivity index (χ3n) is 3.04. The Hall–Kier alpha value is -2.40. The van der Waals surface area contributed by atoms with Gasteiger partial charge in [-0.15, -0.1) is 0 Å². The SMILES string of the molecule is Cc1nc(=O)n(-c2cccc(=O)[nH]2)c2cc(Cl)ccc12. The van der Waals surface area contributed by atoms with Crippen LogP contribution >= 0.6 is 11.6 Å². The number of fused-ring (bicyclic) bond motifs is 1. The van der Waals surface area contributed by atoms with Gasteiger partial charge in [0.2, 0.25) is 5.56 Å². The van der Waals surface area contributed by atoms with Gasteiger partial charge in [0, 0.05) is 16.5 Å². The van der Waals surface area contributed by atoms with E-state index in [1.165, 1.54) is 10.6 Å². The summed E-state index contributed by atoms with van der Waals surface area (Å²) in [7, 11) is 0. The van der Waals surface area contributed by atoms with Crippen molar-refractivity contribution in [1.82, 2.24) is 14.5 Å². The summed E-state index contributed by atoms with van der Waals surface area (Å²) < 4.78 is 1.34. The first kappa shape index (κ1) is 12.6. The number of aromatic amines is 1. The topological polar surface area (TPSA) is 67.8 Å². The van der Waals surface area contributed by atoms with E-state index in [2.05, 4.69) is 9.97 Å². The fourth-order valence-corrected chi connectivity index (χ4v) is 2.32. The van der Waals surface area contributed by atoms with Crippen LogP contribution in [0.4, 0.5) is 0 Å². The van der Waals surface area contributed by atoms with Gasteiger partial charge in [-0.25, -0.2) is 9.36 Å². The Labute approximate surface area is 118 Å². The lowest BCUT2D eigenvalue weighted by atomic mass is 10.2. The summed E-state index contributed by atoms with van der Waals surface area (Å²) in [5.74, 6) is 0.363. The van der Waals surface area contributed by atoms with E-state index in [1.54, 1.807) is 37.3 Å². The van der Waals surface area contributed by atoms with Crippen LogP contribution in [-0.2, 0) is 0 Å². The van der Waals surface area contributed by atoms with Crippen molar-refractivity contribution in [3.05, 3.63) is 68.0 Å². The Kier molecular flexibility index (Phi) is 2.91. The first-order valence-electron chi connectivity index (χ1n) is 5.95. The van der Waals surface area contributed by atoms with Crippen LogP contribution in [0, 0.1) is 6.92 Å². The fourth-order valence-electron chi connectivity index (χ4n) is 2.15. The summed E-state index contributed by atoms with van der Waals surface area (Å²) in [6.45, 7) is 1.76. The van der Waals surface area contributed by atoms with Crippen molar-refractivity contribution in [2.24, 2.45) is 0 Å². The Bertz CT molecular complexity index is 928. The van der Waals surface area contributed by atoms with Gasteiger partial charge in [-0.1, -0.05) is 17.7 Å². The zero-order valence-corrected chi connectivity index (χ0v) is 11.3. The molecule has 0 radical (unpaired) electrons. The average molecular weight is 288 g/mol. The monoisotopic (exact) mass is 287 g/mol. The van der Waals surface area contributed by atoms with Gasteiger partial charge in [-0.2, -0.15) is 4.98 Å². The van der Waals surface area contributed by atoms with Crippen LogP contribution in [0.5, 0.6) is 0 Å². The van der Waals surface area contributed by atoms with E-state index >= 15 is 0 Å². The van der Waals surface area contributed by atoms with Crippen molar-refractivity contribution < 1.29 is 0 Å². The van der Waals surface area contributed by atoms with Crippen LogP contribution in [0.15, 0.2) is 46.0 Å². The number of H-pyrrole nitrogens is 1. The normalized spacial score (nSPS) is 10.9. The maximum atomic E-state index is 12.2. The molecule has 0 bridgehead atoms. The summed E-state index contributed by atoms with van der Waals surface area (Å²) in [6, 6.07) is 9.82. The van der Waals surface area contributed by atoms with Crippen molar-refractivity contribution in [1.29, 1.82) is 0 Å². The van der Waals surface area contributed by atoms with Gasteiger partial charge in [-0.05, 0) is 31.2 Å². The standard InChI is InChI=1S/C14H10ClN3O2/c1-8-10-6-5-9(15)7-11(10)18(14(20)16-8)12-3-2-4-13(19)17-12/h2-7H,1H3,(H,17,19). The number of hydrogen-bond donors (Lipinski definition) is 1. The highest BCUT2D eigenvalue weighted by atomic mass is 35.5. The second-order valence-electron chi connectivity index (χ2n) is 4.38. The third kappa shape index (κ3) is 2.02. The number of halogens is 1. The Morgan fingerprint density at radius 3 is 2.75 bits per heavy atom. The highest BCUT2D eigenvalue weighted by molar-refractivity contribution is 6.31. The smallest absolute Gasteiger partial charge is 0.308 e. The van der Waals surface area contributed by atoms with Crippen molar-refractivity contribution in [2.75, 3.05) is 0 Å². The number of aryl methyl sites for hydroxylation is 1. The van der Waals surface area contributed by atoms with Crippen LogP contribution in [0.2, 0.25) is 5.02 Å². The van der Waals surface area contributed by atoms with Crippen molar-refractivity contribution in [3.8, 4) is 5.82 Å². The number of rotatable bonds is 1. The molecule has 0 aliphatic rings. The van der Waals surface area contributed by atoms with Gasteiger partial charge in [0.25, 0.3) is 0 Å².